The van der Waals surface area contributed by atoms with Crippen molar-refractivity contribution in [1.82, 2.24) is 10.3 Å². The zero-order valence-electron chi connectivity index (χ0n) is 13.2. The maximum Gasteiger partial charge on any atom is 0.417 e. The van der Waals surface area contributed by atoms with Gasteiger partial charge in [0.2, 0.25) is 0 Å². The van der Waals surface area contributed by atoms with Crippen LogP contribution in [0.2, 0.25) is 0 Å². The third-order valence-electron chi connectivity index (χ3n) is 3.12. The topological polar surface area (TPSA) is 83.2 Å². The van der Waals surface area contributed by atoms with Crippen LogP contribution in [0.25, 0.3) is 0 Å². The molecule has 6 nitrogen and oxygen atoms in total. The number of amides is 2. The van der Waals surface area contributed by atoms with Crippen LogP contribution in [0.5, 0.6) is 5.75 Å². The van der Waals surface area contributed by atoms with E-state index in [1.807, 2.05) is 30.1 Å². The number of carbonyl (C=O) groups excluding carboxylic acids is 1. The molecule has 0 saturated carbocycles. The van der Waals surface area contributed by atoms with Gasteiger partial charge >= 0.3 is 12.2 Å². The SMILES string of the molecule is Cc1cccc(OCCNC(=O)Nc2cc(C(F)(F)F)c[nH]c2=O)c1. The molecule has 9 heteroatoms. The summed E-state index contributed by atoms with van der Waals surface area (Å²) in [6, 6.07) is 7.08. The van der Waals surface area contributed by atoms with Crippen LogP contribution in [-0.4, -0.2) is 24.2 Å². The smallest absolute Gasteiger partial charge is 0.417 e. The van der Waals surface area contributed by atoms with Crippen molar-refractivity contribution < 1.29 is 22.7 Å². The van der Waals surface area contributed by atoms with Crippen molar-refractivity contribution in [2.75, 3.05) is 18.5 Å². The Morgan fingerprint density at radius 3 is 2.72 bits per heavy atom. The Bertz CT molecular complexity index is 803. The van der Waals surface area contributed by atoms with Gasteiger partial charge in [-0.05, 0) is 30.7 Å². The molecule has 0 radical (unpaired) electrons. The van der Waals surface area contributed by atoms with E-state index in [9.17, 15) is 22.8 Å². The first-order valence-electron chi connectivity index (χ1n) is 7.30. The molecule has 1 aromatic carbocycles. The van der Waals surface area contributed by atoms with Gasteiger partial charge in [0.15, 0.2) is 0 Å². The number of carbonyl (C=O) groups is 1. The van der Waals surface area contributed by atoms with Crippen molar-refractivity contribution in [3.05, 3.63) is 58.0 Å². The van der Waals surface area contributed by atoms with E-state index in [0.29, 0.717) is 18.0 Å². The van der Waals surface area contributed by atoms with Crippen molar-refractivity contribution in [2.45, 2.75) is 13.1 Å². The largest absolute Gasteiger partial charge is 0.492 e. The lowest BCUT2D eigenvalue weighted by Gasteiger charge is -2.11. The maximum absolute atomic E-state index is 12.6. The first-order valence-corrected chi connectivity index (χ1v) is 7.30. The number of rotatable bonds is 5. The quantitative estimate of drug-likeness (QED) is 0.721. The number of pyridine rings is 1. The molecule has 3 N–H and O–H groups in total. The monoisotopic (exact) mass is 355 g/mol. The summed E-state index contributed by atoms with van der Waals surface area (Å²) in [6.45, 7) is 2.18. The molecule has 0 spiro atoms. The fourth-order valence-electron chi connectivity index (χ4n) is 1.95. The van der Waals surface area contributed by atoms with Crippen LogP contribution >= 0.6 is 0 Å². The molecule has 1 heterocycles. The first kappa shape index (κ1) is 18.4. The minimum atomic E-state index is -4.63. The molecule has 0 unspecified atom stereocenters. The molecule has 0 bridgehead atoms. The van der Waals surface area contributed by atoms with E-state index in [1.54, 1.807) is 6.07 Å². The minimum Gasteiger partial charge on any atom is -0.492 e. The van der Waals surface area contributed by atoms with Gasteiger partial charge in [-0.1, -0.05) is 12.1 Å². The fourth-order valence-corrected chi connectivity index (χ4v) is 1.95. The van der Waals surface area contributed by atoms with Crippen molar-refractivity contribution in [2.24, 2.45) is 0 Å². The average molecular weight is 355 g/mol. The normalized spacial score (nSPS) is 11.0. The molecule has 1 aromatic heterocycles. The van der Waals surface area contributed by atoms with Crippen molar-refractivity contribution in [1.29, 1.82) is 0 Å². The van der Waals surface area contributed by atoms with E-state index < -0.39 is 29.0 Å². The van der Waals surface area contributed by atoms with E-state index >= 15 is 0 Å². The van der Waals surface area contributed by atoms with E-state index in [1.165, 1.54) is 0 Å². The Kier molecular flexibility index (Phi) is 5.68. The van der Waals surface area contributed by atoms with E-state index in [-0.39, 0.29) is 13.2 Å². The van der Waals surface area contributed by atoms with Crippen LogP contribution < -0.4 is 20.9 Å². The van der Waals surface area contributed by atoms with Crippen molar-refractivity contribution in [3.8, 4) is 5.75 Å². The van der Waals surface area contributed by atoms with Crippen molar-refractivity contribution >= 4 is 11.7 Å². The predicted molar refractivity (Wildman–Crippen MR) is 85.8 cm³/mol. The van der Waals surface area contributed by atoms with Crippen LogP contribution in [0.4, 0.5) is 23.7 Å². The summed E-state index contributed by atoms with van der Waals surface area (Å²) in [4.78, 5) is 25.1. The molecule has 25 heavy (non-hydrogen) atoms. The van der Waals surface area contributed by atoms with Gasteiger partial charge in [-0.25, -0.2) is 4.79 Å². The lowest BCUT2D eigenvalue weighted by Crippen LogP contribution is -2.34. The molecule has 0 aliphatic heterocycles. The zero-order chi connectivity index (χ0) is 18.4. The summed E-state index contributed by atoms with van der Waals surface area (Å²) >= 11 is 0. The molecular weight excluding hydrogens is 339 g/mol. The molecule has 0 atom stereocenters. The van der Waals surface area contributed by atoms with Crippen LogP contribution in [0.3, 0.4) is 0 Å². The highest BCUT2D eigenvalue weighted by molar-refractivity contribution is 5.89. The zero-order valence-corrected chi connectivity index (χ0v) is 13.2. The Morgan fingerprint density at radius 2 is 2.04 bits per heavy atom. The second-order valence-electron chi connectivity index (χ2n) is 5.17. The van der Waals surface area contributed by atoms with Gasteiger partial charge in [-0.3, -0.25) is 4.79 Å². The van der Waals surface area contributed by atoms with E-state index in [0.717, 1.165) is 5.56 Å². The Labute approximate surface area is 141 Å². The first-order chi connectivity index (χ1) is 11.8. The van der Waals surface area contributed by atoms with Gasteiger partial charge in [0.1, 0.15) is 18.0 Å². The second kappa shape index (κ2) is 7.73. The summed E-state index contributed by atoms with van der Waals surface area (Å²) in [5, 5.41) is 4.47. The van der Waals surface area contributed by atoms with Crippen LogP contribution in [0, 0.1) is 6.92 Å². The average Bonchev–Trinajstić information content (AvgIpc) is 2.53. The van der Waals surface area contributed by atoms with E-state index in [4.69, 9.17) is 4.74 Å². The summed E-state index contributed by atoms with van der Waals surface area (Å²) in [5.41, 5.74) is -1.37. The Balaban J connectivity index is 1.85. The van der Waals surface area contributed by atoms with Gasteiger partial charge in [0.05, 0.1) is 12.1 Å². The number of anilines is 1. The fraction of sp³-hybridized carbons (Fsp3) is 0.250. The van der Waals surface area contributed by atoms with Gasteiger partial charge in [-0.15, -0.1) is 0 Å². The number of H-pyrrole nitrogens is 1. The third-order valence-corrected chi connectivity index (χ3v) is 3.12. The Hall–Kier alpha value is -2.97. The number of urea groups is 1. The van der Waals surface area contributed by atoms with Crippen molar-refractivity contribution in [3.63, 3.8) is 0 Å². The van der Waals surface area contributed by atoms with Gasteiger partial charge in [-0.2, -0.15) is 13.2 Å². The molecule has 0 aliphatic carbocycles. The number of ether oxygens (including phenoxy) is 1. The number of nitrogens with one attached hydrogen (secondary N) is 3. The number of halogens is 3. The lowest BCUT2D eigenvalue weighted by molar-refractivity contribution is -0.137. The lowest BCUT2D eigenvalue weighted by atomic mass is 10.2. The number of hydrogen-bond acceptors (Lipinski definition) is 3. The molecule has 0 aliphatic rings. The number of alkyl halides is 3. The molecular formula is C16H16F3N3O3. The van der Waals surface area contributed by atoms with Gasteiger partial charge in [0.25, 0.3) is 5.56 Å². The minimum absolute atomic E-state index is 0.108. The molecule has 2 amide bonds. The maximum atomic E-state index is 12.6. The van der Waals surface area contributed by atoms with Crippen LogP contribution in [-0.2, 0) is 6.18 Å². The molecule has 2 rings (SSSR count). The summed E-state index contributed by atoms with van der Waals surface area (Å²) < 4.78 is 43.2. The predicted octanol–water partition coefficient (Wildman–Crippen LogP) is 2.90. The van der Waals surface area contributed by atoms with Crippen LogP contribution in [0.15, 0.2) is 41.3 Å². The number of aromatic nitrogens is 1. The van der Waals surface area contributed by atoms with Crippen LogP contribution in [0.1, 0.15) is 11.1 Å². The molecule has 2 aromatic rings. The van der Waals surface area contributed by atoms with E-state index in [2.05, 4.69) is 10.6 Å². The Morgan fingerprint density at radius 1 is 1.28 bits per heavy atom. The molecule has 0 fully saturated rings. The second-order valence-corrected chi connectivity index (χ2v) is 5.17. The molecule has 134 valence electrons. The van der Waals surface area contributed by atoms with Gasteiger partial charge < -0.3 is 20.4 Å². The number of benzene rings is 1. The highest BCUT2D eigenvalue weighted by atomic mass is 19.4. The number of aromatic amines is 1. The molecule has 0 saturated heterocycles. The highest BCUT2D eigenvalue weighted by Crippen LogP contribution is 2.29. The highest BCUT2D eigenvalue weighted by Gasteiger charge is 2.31. The summed E-state index contributed by atoms with van der Waals surface area (Å²) in [7, 11) is 0. The summed E-state index contributed by atoms with van der Waals surface area (Å²) in [6.07, 6.45) is -4.08. The third kappa shape index (κ3) is 5.55. The van der Waals surface area contributed by atoms with Gasteiger partial charge in [0, 0.05) is 6.20 Å². The summed E-state index contributed by atoms with van der Waals surface area (Å²) in [5.74, 6) is 0.636. The number of hydrogen-bond donors (Lipinski definition) is 3. The standard InChI is InChI=1S/C16H16F3N3O3/c1-10-3-2-4-12(7-10)25-6-5-20-15(24)22-13-8-11(16(17,18)19)9-21-14(13)23/h2-4,7-9H,5-6H2,1H3,(H,21,23)(H2,20,22,24). The number of aryl methyl sites for hydroxylation is 1.